The molecular formula is C28H43NO8. The van der Waals surface area contributed by atoms with Gasteiger partial charge in [0, 0.05) is 0 Å². The Morgan fingerprint density at radius 2 is 1.35 bits per heavy atom. The number of hydrogen-bond acceptors (Lipinski definition) is 9. The number of benzene rings is 1. The van der Waals surface area contributed by atoms with E-state index in [4.69, 9.17) is 24.7 Å². The molecule has 0 bridgehead atoms. The van der Waals surface area contributed by atoms with Gasteiger partial charge in [-0.1, -0.05) is 33.8 Å². The lowest BCUT2D eigenvalue weighted by molar-refractivity contribution is -0.160. The van der Waals surface area contributed by atoms with Gasteiger partial charge in [0.25, 0.3) is 0 Å². The maximum atomic E-state index is 12.8. The van der Waals surface area contributed by atoms with Gasteiger partial charge in [-0.25, -0.2) is 0 Å². The van der Waals surface area contributed by atoms with Crippen LogP contribution in [0.3, 0.4) is 0 Å². The predicted molar refractivity (Wildman–Crippen MR) is 139 cm³/mol. The van der Waals surface area contributed by atoms with E-state index in [1.54, 1.807) is 54.5 Å². The van der Waals surface area contributed by atoms with Crippen LogP contribution in [-0.4, -0.2) is 42.6 Å². The summed E-state index contributed by atoms with van der Waals surface area (Å²) < 4.78 is 21.6. The highest BCUT2D eigenvalue weighted by Crippen LogP contribution is 2.34. The van der Waals surface area contributed by atoms with Gasteiger partial charge >= 0.3 is 23.9 Å². The van der Waals surface area contributed by atoms with E-state index in [-0.39, 0.29) is 36.4 Å². The molecule has 0 amide bonds. The van der Waals surface area contributed by atoms with Crippen molar-refractivity contribution in [1.29, 1.82) is 0 Å². The molecule has 0 fully saturated rings. The Hall–Kier alpha value is -2.94. The summed E-state index contributed by atoms with van der Waals surface area (Å²) in [6.07, 6.45) is 0.518. The first-order chi connectivity index (χ1) is 17.0. The van der Waals surface area contributed by atoms with Crippen LogP contribution < -0.4 is 15.2 Å². The lowest BCUT2D eigenvalue weighted by atomic mass is 9.90. The van der Waals surface area contributed by atoms with Crippen molar-refractivity contribution in [2.75, 3.05) is 6.61 Å². The molecule has 0 radical (unpaired) electrons. The minimum atomic E-state index is -1.02. The second-order valence-electron chi connectivity index (χ2n) is 10.9. The van der Waals surface area contributed by atoms with Gasteiger partial charge in [-0.05, 0) is 71.6 Å². The highest BCUT2D eigenvalue weighted by Gasteiger charge is 2.31. The zero-order valence-electron chi connectivity index (χ0n) is 23.6. The van der Waals surface area contributed by atoms with Crippen molar-refractivity contribution in [2.45, 2.75) is 93.7 Å². The predicted octanol–water partition coefficient (Wildman–Crippen LogP) is 4.37. The molecule has 1 rings (SSSR count). The van der Waals surface area contributed by atoms with Crippen LogP contribution in [0.4, 0.5) is 0 Å². The van der Waals surface area contributed by atoms with Crippen LogP contribution in [0, 0.1) is 16.7 Å². The highest BCUT2D eigenvalue weighted by molar-refractivity contribution is 5.81. The summed E-state index contributed by atoms with van der Waals surface area (Å²) in [6.45, 7) is 15.8. The summed E-state index contributed by atoms with van der Waals surface area (Å²) in [5, 5.41) is 0. The summed E-state index contributed by atoms with van der Waals surface area (Å²) >= 11 is 0. The van der Waals surface area contributed by atoms with Gasteiger partial charge in [0.15, 0.2) is 11.5 Å². The van der Waals surface area contributed by atoms with E-state index in [1.807, 2.05) is 13.8 Å². The Bertz CT molecular complexity index is 967. The second kappa shape index (κ2) is 13.6. The summed E-state index contributed by atoms with van der Waals surface area (Å²) in [5.74, 6) is -2.10. The molecule has 0 spiro atoms. The molecule has 0 unspecified atom stereocenters. The van der Waals surface area contributed by atoms with Crippen molar-refractivity contribution >= 4 is 23.9 Å². The van der Waals surface area contributed by atoms with E-state index in [0.717, 1.165) is 0 Å². The first-order valence-electron chi connectivity index (χ1n) is 12.7. The van der Waals surface area contributed by atoms with Gasteiger partial charge in [0.2, 0.25) is 0 Å². The molecule has 9 nitrogen and oxygen atoms in total. The van der Waals surface area contributed by atoms with E-state index in [1.165, 1.54) is 12.1 Å². The number of rotatable bonds is 13. The molecule has 2 atom stereocenters. The number of hydrogen-bond donors (Lipinski definition) is 1. The zero-order chi connectivity index (χ0) is 28.6. The van der Waals surface area contributed by atoms with E-state index in [9.17, 15) is 19.2 Å². The van der Waals surface area contributed by atoms with Crippen LogP contribution in [0.25, 0.3) is 0 Å². The average molecular weight is 522 g/mol. The second-order valence-corrected chi connectivity index (χ2v) is 10.9. The van der Waals surface area contributed by atoms with Gasteiger partial charge in [-0.15, -0.1) is 0 Å². The minimum absolute atomic E-state index is 0.0683. The average Bonchev–Trinajstić information content (AvgIpc) is 2.83. The van der Waals surface area contributed by atoms with Crippen molar-refractivity contribution < 1.29 is 38.1 Å². The molecule has 0 heterocycles. The normalized spacial score (nSPS) is 13.5. The Morgan fingerprint density at radius 3 is 1.84 bits per heavy atom. The fourth-order valence-electron chi connectivity index (χ4n) is 2.63. The maximum Gasteiger partial charge on any atom is 0.323 e. The van der Waals surface area contributed by atoms with Gasteiger partial charge in [0.05, 0.1) is 16.7 Å². The molecular weight excluding hydrogens is 478 g/mol. The summed E-state index contributed by atoms with van der Waals surface area (Å²) in [6, 6.07) is 3.68. The molecule has 1 aromatic carbocycles. The van der Waals surface area contributed by atoms with Crippen molar-refractivity contribution in [3.05, 3.63) is 23.8 Å². The largest absolute Gasteiger partial charge is 0.462 e. The number of carbonyl (C=O) groups is 4. The number of esters is 4. The van der Waals surface area contributed by atoms with E-state index in [2.05, 4.69) is 0 Å². The summed E-state index contributed by atoms with van der Waals surface area (Å²) in [7, 11) is 0. The van der Waals surface area contributed by atoms with E-state index >= 15 is 0 Å². The molecule has 208 valence electrons. The minimum Gasteiger partial charge on any atom is -0.462 e. The van der Waals surface area contributed by atoms with Crippen LogP contribution in [-0.2, 0) is 35.1 Å². The SMILES string of the molecule is CCC(C)(C)C(=O)Oc1ccc(C[C@H](N)C(=O)O[C@@H](C)COC(=O)C(C)C)cc1OC(=O)C(C)(C)CC. The van der Waals surface area contributed by atoms with Crippen LogP contribution in [0.2, 0.25) is 0 Å². The first kappa shape index (κ1) is 32.1. The third kappa shape index (κ3) is 9.80. The Labute approximate surface area is 220 Å². The van der Waals surface area contributed by atoms with Gasteiger partial charge in [-0.2, -0.15) is 0 Å². The quantitative estimate of drug-likeness (QED) is 0.297. The maximum absolute atomic E-state index is 12.8. The molecule has 0 aliphatic rings. The van der Waals surface area contributed by atoms with Crippen molar-refractivity contribution in [3.63, 3.8) is 0 Å². The van der Waals surface area contributed by atoms with E-state index < -0.39 is 40.9 Å². The molecule has 0 aliphatic carbocycles. The van der Waals surface area contributed by atoms with Crippen molar-refractivity contribution in [3.8, 4) is 11.5 Å². The van der Waals surface area contributed by atoms with Crippen molar-refractivity contribution in [2.24, 2.45) is 22.5 Å². The third-order valence-corrected chi connectivity index (χ3v) is 6.29. The summed E-state index contributed by atoms with van der Waals surface area (Å²) in [5.41, 5.74) is 5.16. The molecule has 9 heteroatoms. The van der Waals surface area contributed by atoms with E-state index in [0.29, 0.717) is 18.4 Å². The monoisotopic (exact) mass is 521 g/mol. The Kier molecular flexibility index (Phi) is 11.8. The Morgan fingerprint density at radius 1 is 0.838 bits per heavy atom. The van der Waals surface area contributed by atoms with Gasteiger partial charge < -0.3 is 24.7 Å². The smallest absolute Gasteiger partial charge is 0.323 e. The fraction of sp³-hybridized carbons (Fsp3) is 0.643. The molecule has 0 aliphatic heterocycles. The van der Waals surface area contributed by atoms with Crippen LogP contribution in [0.15, 0.2) is 18.2 Å². The number of ether oxygens (including phenoxy) is 4. The molecule has 2 N–H and O–H groups in total. The molecule has 0 aromatic heterocycles. The molecule has 37 heavy (non-hydrogen) atoms. The third-order valence-electron chi connectivity index (χ3n) is 6.29. The summed E-state index contributed by atoms with van der Waals surface area (Å²) in [4.78, 5) is 49.5. The first-order valence-corrected chi connectivity index (χ1v) is 12.7. The Balaban J connectivity index is 3.05. The lowest BCUT2D eigenvalue weighted by Gasteiger charge is -2.23. The zero-order valence-corrected chi connectivity index (χ0v) is 23.6. The molecule has 0 saturated carbocycles. The van der Waals surface area contributed by atoms with Gasteiger partial charge in [0.1, 0.15) is 18.8 Å². The van der Waals surface area contributed by atoms with Crippen LogP contribution in [0.5, 0.6) is 11.5 Å². The van der Waals surface area contributed by atoms with Gasteiger partial charge in [-0.3, -0.25) is 19.2 Å². The van der Waals surface area contributed by atoms with Crippen LogP contribution in [0.1, 0.15) is 80.7 Å². The molecule has 1 aromatic rings. The topological polar surface area (TPSA) is 131 Å². The highest BCUT2D eigenvalue weighted by atomic mass is 16.6. The molecule has 0 saturated heterocycles. The fourth-order valence-corrected chi connectivity index (χ4v) is 2.63. The van der Waals surface area contributed by atoms with Crippen LogP contribution >= 0.6 is 0 Å². The lowest BCUT2D eigenvalue weighted by Crippen LogP contribution is -2.37. The standard InChI is InChI=1S/C28H43NO8/c1-10-27(6,7)25(32)36-21-13-12-19(15-22(21)37-26(33)28(8,9)11-2)14-20(29)24(31)35-18(5)16-34-23(30)17(3)4/h12-13,15,17-18,20H,10-11,14,16,29H2,1-9H3/t18-,20-/m0/s1. The van der Waals surface area contributed by atoms with Crippen molar-refractivity contribution in [1.82, 2.24) is 0 Å². The number of nitrogens with two attached hydrogens (primary N) is 1. The number of carbonyl (C=O) groups excluding carboxylic acids is 4.